The van der Waals surface area contributed by atoms with Crippen LogP contribution in [-0.2, 0) is 7.05 Å². The number of benzene rings is 1. The summed E-state index contributed by atoms with van der Waals surface area (Å²) in [5, 5.41) is 1.17. The molecule has 0 aliphatic carbocycles. The van der Waals surface area contributed by atoms with Crippen LogP contribution in [-0.4, -0.2) is 4.98 Å². The van der Waals surface area contributed by atoms with Crippen LogP contribution < -0.4 is 4.57 Å². The van der Waals surface area contributed by atoms with Crippen LogP contribution >= 0.6 is 0 Å². The minimum absolute atomic E-state index is 1.04. The standard InChI is InChI=1S/C18H19N2/c1-12-8-13(2)14(3)16(9-12)18-10-17-15(11-20(18)4)6-5-7-19-17/h5-11H,1-4H3/q+1. The van der Waals surface area contributed by atoms with Crippen LogP contribution in [0.5, 0.6) is 0 Å². The highest BCUT2D eigenvalue weighted by Crippen LogP contribution is 2.26. The van der Waals surface area contributed by atoms with Crippen molar-refractivity contribution in [2.75, 3.05) is 0 Å². The maximum atomic E-state index is 4.47. The Morgan fingerprint density at radius 1 is 1.05 bits per heavy atom. The number of aromatic nitrogens is 2. The third-order valence-corrected chi connectivity index (χ3v) is 3.95. The summed E-state index contributed by atoms with van der Waals surface area (Å²) in [7, 11) is 2.10. The van der Waals surface area contributed by atoms with Crippen LogP contribution in [0.15, 0.2) is 42.7 Å². The molecule has 0 aliphatic heterocycles. The number of hydrogen-bond donors (Lipinski definition) is 0. The predicted molar refractivity (Wildman–Crippen MR) is 82.6 cm³/mol. The summed E-state index contributed by atoms with van der Waals surface area (Å²) in [5.41, 5.74) is 7.50. The summed E-state index contributed by atoms with van der Waals surface area (Å²) in [4.78, 5) is 4.47. The van der Waals surface area contributed by atoms with Gasteiger partial charge in [0.15, 0.2) is 6.20 Å². The van der Waals surface area contributed by atoms with Gasteiger partial charge in [0, 0.05) is 17.8 Å². The molecule has 0 radical (unpaired) electrons. The first-order valence-corrected chi connectivity index (χ1v) is 6.89. The Balaban J connectivity index is 2.32. The Hall–Kier alpha value is -2.22. The minimum Gasteiger partial charge on any atom is -0.256 e. The molecular formula is C18H19N2+. The van der Waals surface area contributed by atoms with Crippen LogP contribution in [0.25, 0.3) is 22.2 Å². The van der Waals surface area contributed by atoms with Gasteiger partial charge < -0.3 is 0 Å². The van der Waals surface area contributed by atoms with Gasteiger partial charge in [0.2, 0.25) is 5.69 Å². The smallest absolute Gasteiger partial charge is 0.214 e. The van der Waals surface area contributed by atoms with E-state index in [-0.39, 0.29) is 0 Å². The third kappa shape index (κ3) is 2.07. The minimum atomic E-state index is 1.04. The molecule has 0 aliphatic rings. The van der Waals surface area contributed by atoms with Gasteiger partial charge in [-0.1, -0.05) is 11.6 Å². The largest absolute Gasteiger partial charge is 0.256 e. The SMILES string of the molecule is Cc1cc(C)c(C)c(-c2cc3ncccc3c[n+]2C)c1. The molecule has 0 saturated carbocycles. The number of hydrogen-bond acceptors (Lipinski definition) is 1. The third-order valence-electron chi connectivity index (χ3n) is 3.95. The van der Waals surface area contributed by atoms with Gasteiger partial charge in [-0.25, -0.2) is 4.57 Å². The van der Waals surface area contributed by atoms with Gasteiger partial charge >= 0.3 is 0 Å². The van der Waals surface area contributed by atoms with Gasteiger partial charge in [-0.3, -0.25) is 4.98 Å². The van der Waals surface area contributed by atoms with Gasteiger partial charge in [0.05, 0.1) is 10.9 Å². The fourth-order valence-electron chi connectivity index (χ4n) is 2.74. The van der Waals surface area contributed by atoms with Crippen molar-refractivity contribution in [2.24, 2.45) is 7.05 Å². The normalized spacial score (nSPS) is 11.0. The summed E-state index contributed by atoms with van der Waals surface area (Å²) in [6.07, 6.45) is 4.00. The summed E-state index contributed by atoms with van der Waals surface area (Å²) >= 11 is 0. The molecule has 20 heavy (non-hydrogen) atoms. The second-order valence-corrected chi connectivity index (χ2v) is 5.50. The summed E-state index contributed by atoms with van der Waals surface area (Å²) < 4.78 is 2.19. The second-order valence-electron chi connectivity index (χ2n) is 5.50. The van der Waals surface area contributed by atoms with E-state index < -0.39 is 0 Å². The average Bonchev–Trinajstić information content (AvgIpc) is 2.42. The van der Waals surface area contributed by atoms with E-state index >= 15 is 0 Å². The topological polar surface area (TPSA) is 16.8 Å². The highest BCUT2D eigenvalue weighted by molar-refractivity contribution is 5.80. The van der Waals surface area contributed by atoms with Crippen LogP contribution in [0, 0.1) is 20.8 Å². The zero-order valence-electron chi connectivity index (χ0n) is 12.4. The van der Waals surface area contributed by atoms with Gasteiger partial charge in [-0.05, 0) is 50.1 Å². The molecule has 0 saturated heterocycles. The van der Waals surface area contributed by atoms with Crippen molar-refractivity contribution in [3.8, 4) is 11.3 Å². The fourth-order valence-corrected chi connectivity index (χ4v) is 2.74. The molecule has 2 nitrogen and oxygen atoms in total. The number of aryl methyl sites for hydroxylation is 3. The molecule has 0 spiro atoms. The van der Waals surface area contributed by atoms with Crippen LogP contribution in [0.4, 0.5) is 0 Å². The molecule has 0 atom stereocenters. The Morgan fingerprint density at radius 2 is 1.85 bits per heavy atom. The fraction of sp³-hybridized carbons (Fsp3) is 0.222. The molecule has 3 rings (SSSR count). The molecule has 0 bridgehead atoms. The van der Waals surface area contributed by atoms with E-state index in [9.17, 15) is 0 Å². The van der Waals surface area contributed by atoms with Crippen molar-refractivity contribution in [3.05, 3.63) is 59.4 Å². The quantitative estimate of drug-likeness (QED) is 0.612. The van der Waals surface area contributed by atoms with E-state index in [4.69, 9.17) is 0 Å². The first-order chi connectivity index (χ1) is 9.56. The van der Waals surface area contributed by atoms with Crippen LogP contribution in [0.1, 0.15) is 16.7 Å². The lowest BCUT2D eigenvalue weighted by Crippen LogP contribution is -2.30. The molecule has 2 heteroatoms. The van der Waals surface area contributed by atoms with E-state index in [0.29, 0.717) is 0 Å². The molecule has 0 unspecified atom stereocenters. The van der Waals surface area contributed by atoms with Crippen LogP contribution in [0.3, 0.4) is 0 Å². The first-order valence-electron chi connectivity index (χ1n) is 6.89. The van der Waals surface area contributed by atoms with E-state index in [1.165, 1.54) is 33.3 Å². The molecular weight excluding hydrogens is 244 g/mol. The number of rotatable bonds is 1. The number of fused-ring (bicyclic) bond motifs is 1. The van der Waals surface area contributed by atoms with Crippen molar-refractivity contribution in [1.82, 2.24) is 4.98 Å². The molecule has 2 heterocycles. The molecule has 2 aromatic heterocycles. The summed E-state index contributed by atoms with van der Waals surface area (Å²) in [6.45, 7) is 6.51. The van der Waals surface area contributed by atoms with Gasteiger partial charge in [-0.2, -0.15) is 0 Å². The number of pyridine rings is 2. The summed E-state index contributed by atoms with van der Waals surface area (Å²) in [6, 6.07) is 10.7. The molecule has 0 amide bonds. The molecule has 0 N–H and O–H groups in total. The van der Waals surface area contributed by atoms with Crippen LogP contribution in [0.2, 0.25) is 0 Å². The Morgan fingerprint density at radius 3 is 2.65 bits per heavy atom. The lowest BCUT2D eigenvalue weighted by Gasteiger charge is -2.09. The van der Waals surface area contributed by atoms with Crippen molar-refractivity contribution in [2.45, 2.75) is 20.8 Å². The monoisotopic (exact) mass is 263 g/mol. The average molecular weight is 263 g/mol. The van der Waals surface area contributed by atoms with Crippen molar-refractivity contribution >= 4 is 10.9 Å². The maximum absolute atomic E-state index is 4.47. The second kappa shape index (κ2) is 4.71. The van der Waals surface area contributed by atoms with E-state index in [1.807, 2.05) is 12.3 Å². The van der Waals surface area contributed by atoms with Gasteiger partial charge in [0.25, 0.3) is 0 Å². The first kappa shape index (κ1) is 12.8. The van der Waals surface area contributed by atoms with Gasteiger partial charge in [0.1, 0.15) is 7.05 Å². The zero-order chi connectivity index (χ0) is 14.3. The zero-order valence-corrected chi connectivity index (χ0v) is 12.4. The van der Waals surface area contributed by atoms with Gasteiger partial charge in [-0.15, -0.1) is 0 Å². The molecule has 0 fully saturated rings. The molecule has 3 aromatic rings. The van der Waals surface area contributed by atoms with E-state index in [0.717, 1.165) is 5.52 Å². The van der Waals surface area contributed by atoms with Crippen molar-refractivity contribution in [1.29, 1.82) is 0 Å². The highest BCUT2D eigenvalue weighted by atomic mass is 14.9. The Bertz CT molecular complexity index is 804. The highest BCUT2D eigenvalue weighted by Gasteiger charge is 2.15. The lowest BCUT2D eigenvalue weighted by molar-refractivity contribution is -0.659. The van der Waals surface area contributed by atoms with E-state index in [1.54, 1.807) is 0 Å². The predicted octanol–water partition coefficient (Wildman–Crippen LogP) is 3.65. The Labute approximate surface area is 119 Å². The van der Waals surface area contributed by atoms with Crippen molar-refractivity contribution in [3.63, 3.8) is 0 Å². The molecule has 100 valence electrons. The molecule has 1 aromatic carbocycles. The van der Waals surface area contributed by atoms with E-state index in [2.05, 4.69) is 67.8 Å². The summed E-state index contributed by atoms with van der Waals surface area (Å²) in [5.74, 6) is 0. The van der Waals surface area contributed by atoms with Crippen molar-refractivity contribution < 1.29 is 4.57 Å². The lowest BCUT2D eigenvalue weighted by atomic mass is 9.97. The number of nitrogens with zero attached hydrogens (tertiary/aromatic N) is 2. The maximum Gasteiger partial charge on any atom is 0.214 e. The Kier molecular flexibility index (Phi) is 3.01.